The van der Waals surface area contributed by atoms with Crippen LogP contribution < -0.4 is 0 Å². The van der Waals surface area contributed by atoms with Gasteiger partial charge in [-0.1, -0.05) is 12.2 Å². The van der Waals surface area contributed by atoms with E-state index in [1.165, 1.54) is 5.57 Å². The maximum atomic E-state index is 8.99. The first kappa shape index (κ1) is 5.83. The van der Waals surface area contributed by atoms with Crippen molar-refractivity contribution in [2.75, 3.05) is 0 Å². The van der Waals surface area contributed by atoms with Crippen LogP contribution in [-0.2, 0) is 0 Å². The van der Waals surface area contributed by atoms with E-state index in [1.807, 2.05) is 0 Å². The molecule has 0 radical (unpaired) electrons. The molecule has 0 heterocycles. The van der Waals surface area contributed by atoms with Crippen LogP contribution in [0.4, 0.5) is 0 Å². The molecule has 1 saturated carbocycles. The fraction of sp³-hybridized carbons (Fsp3) is 0.714. The van der Waals surface area contributed by atoms with Crippen LogP contribution in [0.5, 0.6) is 0 Å². The number of rotatable bonds is 0. The molecule has 0 bridgehead atoms. The summed E-state index contributed by atoms with van der Waals surface area (Å²) in [7, 11) is 0. The lowest BCUT2D eigenvalue weighted by molar-refractivity contribution is 0.144. The smallest absolute Gasteiger partial charge is 0.0546 e. The lowest BCUT2D eigenvalue weighted by Gasteiger charge is -2.17. The molecule has 1 aliphatic rings. The maximum Gasteiger partial charge on any atom is 0.0546 e. The Morgan fingerprint density at radius 1 is 1.38 bits per heavy atom. The van der Waals surface area contributed by atoms with E-state index in [0.717, 1.165) is 25.7 Å². The SMILES string of the molecule is C=C1CCC(O)CC1. The van der Waals surface area contributed by atoms with Gasteiger partial charge in [-0.3, -0.25) is 0 Å². The highest BCUT2D eigenvalue weighted by Crippen LogP contribution is 2.20. The first-order valence-corrected chi connectivity index (χ1v) is 3.14. The Morgan fingerprint density at radius 2 is 1.88 bits per heavy atom. The number of allylic oxidation sites excluding steroid dienone is 1. The van der Waals surface area contributed by atoms with Crippen LogP contribution in [0, 0.1) is 0 Å². The van der Waals surface area contributed by atoms with Crippen molar-refractivity contribution in [3.05, 3.63) is 12.2 Å². The zero-order valence-corrected chi connectivity index (χ0v) is 5.06. The number of aliphatic hydroxyl groups excluding tert-OH is 1. The van der Waals surface area contributed by atoms with Gasteiger partial charge in [-0.15, -0.1) is 0 Å². The molecule has 1 aliphatic carbocycles. The fourth-order valence-corrected chi connectivity index (χ4v) is 1.01. The summed E-state index contributed by atoms with van der Waals surface area (Å²) < 4.78 is 0. The van der Waals surface area contributed by atoms with Gasteiger partial charge in [0, 0.05) is 0 Å². The minimum atomic E-state index is -0.0412. The number of hydrogen-bond acceptors (Lipinski definition) is 1. The molecule has 0 aliphatic heterocycles. The van der Waals surface area contributed by atoms with Crippen molar-refractivity contribution in [2.24, 2.45) is 0 Å². The van der Waals surface area contributed by atoms with Crippen LogP contribution in [0.3, 0.4) is 0 Å². The van der Waals surface area contributed by atoms with Crippen LogP contribution >= 0.6 is 0 Å². The lowest BCUT2D eigenvalue weighted by Crippen LogP contribution is -2.11. The Labute approximate surface area is 50.0 Å². The molecule has 0 saturated heterocycles. The third kappa shape index (κ3) is 1.34. The lowest BCUT2D eigenvalue weighted by atomic mass is 9.94. The molecule has 8 heavy (non-hydrogen) atoms. The molecule has 0 unspecified atom stereocenters. The van der Waals surface area contributed by atoms with E-state index in [2.05, 4.69) is 6.58 Å². The molecule has 1 heteroatoms. The minimum Gasteiger partial charge on any atom is -0.393 e. The van der Waals surface area contributed by atoms with E-state index in [9.17, 15) is 0 Å². The summed E-state index contributed by atoms with van der Waals surface area (Å²) in [5.41, 5.74) is 1.30. The third-order valence-corrected chi connectivity index (χ3v) is 1.66. The highest BCUT2D eigenvalue weighted by atomic mass is 16.3. The normalized spacial score (nSPS) is 23.9. The van der Waals surface area contributed by atoms with Crippen LogP contribution in [-0.4, -0.2) is 11.2 Å². The van der Waals surface area contributed by atoms with Crippen molar-refractivity contribution in [2.45, 2.75) is 31.8 Å². The van der Waals surface area contributed by atoms with E-state index in [1.54, 1.807) is 0 Å². The first-order valence-electron chi connectivity index (χ1n) is 3.14. The van der Waals surface area contributed by atoms with Gasteiger partial charge >= 0.3 is 0 Å². The Hall–Kier alpha value is -0.300. The summed E-state index contributed by atoms with van der Waals surface area (Å²) in [5, 5.41) is 8.99. The van der Waals surface area contributed by atoms with Gasteiger partial charge in [-0.05, 0) is 25.7 Å². The van der Waals surface area contributed by atoms with Gasteiger partial charge in [0.05, 0.1) is 6.10 Å². The topological polar surface area (TPSA) is 20.2 Å². The van der Waals surface area contributed by atoms with Gasteiger partial charge < -0.3 is 5.11 Å². The Balaban J connectivity index is 2.29. The van der Waals surface area contributed by atoms with Gasteiger partial charge in [0.25, 0.3) is 0 Å². The molecule has 0 amide bonds. The zero-order valence-electron chi connectivity index (χ0n) is 5.06. The molecule has 0 aromatic heterocycles. The van der Waals surface area contributed by atoms with Crippen LogP contribution in [0.25, 0.3) is 0 Å². The second-order valence-corrected chi connectivity index (χ2v) is 2.48. The van der Waals surface area contributed by atoms with Crippen molar-refractivity contribution in [1.29, 1.82) is 0 Å². The fourth-order valence-electron chi connectivity index (χ4n) is 1.01. The maximum absolute atomic E-state index is 8.99. The standard InChI is InChI=1S/C7H12O/c1-6-2-4-7(8)5-3-6/h7-8H,1-5H2. The molecule has 1 fully saturated rings. The zero-order chi connectivity index (χ0) is 5.98. The molecule has 0 atom stereocenters. The molecular weight excluding hydrogens is 100 g/mol. The second kappa shape index (κ2) is 2.31. The van der Waals surface area contributed by atoms with Gasteiger partial charge in [0.1, 0.15) is 0 Å². The summed E-state index contributed by atoms with van der Waals surface area (Å²) in [6.45, 7) is 3.84. The summed E-state index contributed by atoms with van der Waals surface area (Å²) in [4.78, 5) is 0. The monoisotopic (exact) mass is 112 g/mol. The minimum absolute atomic E-state index is 0.0412. The van der Waals surface area contributed by atoms with E-state index in [0.29, 0.717) is 0 Å². The molecule has 1 N–H and O–H groups in total. The van der Waals surface area contributed by atoms with Crippen LogP contribution in [0.15, 0.2) is 12.2 Å². The van der Waals surface area contributed by atoms with Crippen molar-refractivity contribution in [3.8, 4) is 0 Å². The predicted molar refractivity (Wildman–Crippen MR) is 33.6 cm³/mol. The summed E-state index contributed by atoms with van der Waals surface area (Å²) in [6, 6.07) is 0. The van der Waals surface area contributed by atoms with Crippen molar-refractivity contribution < 1.29 is 5.11 Å². The molecule has 0 aromatic rings. The second-order valence-electron chi connectivity index (χ2n) is 2.48. The molecule has 1 rings (SSSR count). The highest BCUT2D eigenvalue weighted by Gasteiger charge is 2.10. The highest BCUT2D eigenvalue weighted by molar-refractivity contribution is 4.98. The van der Waals surface area contributed by atoms with Crippen molar-refractivity contribution in [3.63, 3.8) is 0 Å². The summed E-state index contributed by atoms with van der Waals surface area (Å²) in [5.74, 6) is 0. The molecular formula is C7H12O. The number of hydrogen-bond donors (Lipinski definition) is 1. The summed E-state index contributed by atoms with van der Waals surface area (Å²) in [6.07, 6.45) is 3.88. The van der Waals surface area contributed by atoms with Gasteiger partial charge in [-0.2, -0.15) is 0 Å². The number of aliphatic hydroxyl groups is 1. The van der Waals surface area contributed by atoms with Gasteiger partial charge in [-0.25, -0.2) is 0 Å². The van der Waals surface area contributed by atoms with E-state index < -0.39 is 0 Å². The van der Waals surface area contributed by atoms with E-state index >= 15 is 0 Å². The first-order chi connectivity index (χ1) is 3.79. The molecule has 0 spiro atoms. The Bertz CT molecular complexity index is 86.6. The molecule has 0 aromatic carbocycles. The molecule has 46 valence electrons. The largest absolute Gasteiger partial charge is 0.393 e. The quantitative estimate of drug-likeness (QED) is 0.470. The van der Waals surface area contributed by atoms with E-state index in [-0.39, 0.29) is 6.10 Å². The van der Waals surface area contributed by atoms with Gasteiger partial charge in [0.2, 0.25) is 0 Å². The van der Waals surface area contributed by atoms with E-state index in [4.69, 9.17) is 5.11 Å². The average molecular weight is 112 g/mol. The summed E-state index contributed by atoms with van der Waals surface area (Å²) >= 11 is 0. The van der Waals surface area contributed by atoms with Crippen LogP contribution in [0.1, 0.15) is 25.7 Å². The average Bonchev–Trinajstić information content (AvgIpc) is 1.77. The van der Waals surface area contributed by atoms with Crippen molar-refractivity contribution in [1.82, 2.24) is 0 Å². The van der Waals surface area contributed by atoms with Gasteiger partial charge in [0.15, 0.2) is 0 Å². The Kier molecular flexibility index (Phi) is 1.69. The Morgan fingerprint density at radius 3 is 2.25 bits per heavy atom. The van der Waals surface area contributed by atoms with Crippen molar-refractivity contribution >= 4 is 0 Å². The predicted octanol–water partition coefficient (Wildman–Crippen LogP) is 1.48. The van der Waals surface area contributed by atoms with Crippen LogP contribution in [0.2, 0.25) is 0 Å². The third-order valence-electron chi connectivity index (χ3n) is 1.66. The molecule has 1 nitrogen and oxygen atoms in total.